The number of rotatable bonds is 6. The van der Waals surface area contributed by atoms with Crippen LogP contribution in [-0.4, -0.2) is 25.8 Å². The monoisotopic (exact) mass is 211 g/mol. The summed E-state index contributed by atoms with van der Waals surface area (Å²) in [6, 6.07) is 0.580. The van der Waals surface area contributed by atoms with Crippen molar-refractivity contribution in [3.8, 4) is 0 Å². The first-order valence-corrected chi connectivity index (χ1v) is 6.57. The summed E-state index contributed by atoms with van der Waals surface area (Å²) in [5.41, 5.74) is 0. The average Bonchev–Trinajstić information content (AvgIpc) is 2.78. The first-order chi connectivity index (χ1) is 7.25. The summed E-state index contributed by atoms with van der Waals surface area (Å²) in [6.07, 6.45) is 5.92. The highest BCUT2D eigenvalue weighted by atomic mass is 16.5. The van der Waals surface area contributed by atoms with E-state index in [1.165, 1.54) is 25.7 Å². The third kappa shape index (κ3) is 3.18. The highest BCUT2D eigenvalue weighted by Crippen LogP contribution is 2.48. The lowest BCUT2D eigenvalue weighted by Gasteiger charge is -2.21. The van der Waals surface area contributed by atoms with Gasteiger partial charge in [-0.05, 0) is 37.0 Å². The molecule has 0 aromatic rings. The first-order valence-electron chi connectivity index (χ1n) is 6.57. The van der Waals surface area contributed by atoms with Crippen molar-refractivity contribution >= 4 is 0 Å². The van der Waals surface area contributed by atoms with E-state index in [1.807, 2.05) is 0 Å². The fraction of sp³-hybridized carbons (Fsp3) is 1.00. The SMILES string of the molecule is CC(C)NCCOCC1CC2CCC1C2. The van der Waals surface area contributed by atoms with Crippen LogP contribution >= 0.6 is 0 Å². The zero-order chi connectivity index (χ0) is 10.7. The van der Waals surface area contributed by atoms with Gasteiger partial charge in [-0.25, -0.2) is 0 Å². The van der Waals surface area contributed by atoms with Gasteiger partial charge in [0.1, 0.15) is 0 Å². The molecule has 2 rings (SSSR count). The molecule has 88 valence electrons. The fourth-order valence-corrected chi connectivity index (χ4v) is 3.24. The molecule has 2 aliphatic carbocycles. The van der Waals surface area contributed by atoms with E-state index in [1.54, 1.807) is 0 Å². The van der Waals surface area contributed by atoms with Gasteiger partial charge in [0.25, 0.3) is 0 Å². The molecule has 2 heteroatoms. The minimum absolute atomic E-state index is 0.580. The van der Waals surface area contributed by atoms with Gasteiger partial charge in [-0.3, -0.25) is 0 Å². The van der Waals surface area contributed by atoms with Crippen LogP contribution < -0.4 is 5.32 Å². The van der Waals surface area contributed by atoms with Crippen LogP contribution in [0.5, 0.6) is 0 Å². The van der Waals surface area contributed by atoms with Crippen LogP contribution in [0.3, 0.4) is 0 Å². The number of ether oxygens (including phenoxy) is 1. The molecule has 2 nitrogen and oxygen atoms in total. The van der Waals surface area contributed by atoms with Crippen LogP contribution in [-0.2, 0) is 4.74 Å². The minimum atomic E-state index is 0.580. The average molecular weight is 211 g/mol. The van der Waals surface area contributed by atoms with Crippen LogP contribution in [0.2, 0.25) is 0 Å². The molecule has 2 saturated carbocycles. The Balaban J connectivity index is 1.51. The maximum absolute atomic E-state index is 5.76. The van der Waals surface area contributed by atoms with E-state index in [9.17, 15) is 0 Å². The van der Waals surface area contributed by atoms with Crippen LogP contribution in [0.4, 0.5) is 0 Å². The Morgan fingerprint density at radius 3 is 2.73 bits per heavy atom. The smallest absolute Gasteiger partial charge is 0.0591 e. The van der Waals surface area contributed by atoms with Gasteiger partial charge in [-0.15, -0.1) is 0 Å². The Bertz CT molecular complexity index is 193. The molecule has 2 aliphatic rings. The molecule has 3 unspecified atom stereocenters. The lowest BCUT2D eigenvalue weighted by atomic mass is 9.90. The minimum Gasteiger partial charge on any atom is -0.380 e. The normalized spacial score (nSPS) is 34.2. The van der Waals surface area contributed by atoms with Crippen LogP contribution in [0, 0.1) is 17.8 Å². The van der Waals surface area contributed by atoms with Crippen molar-refractivity contribution in [3.05, 3.63) is 0 Å². The third-order valence-corrected chi connectivity index (χ3v) is 4.02. The summed E-state index contributed by atoms with van der Waals surface area (Å²) >= 11 is 0. The van der Waals surface area contributed by atoms with Crippen molar-refractivity contribution in [3.63, 3.8) is 0 Å². The molecular weight excluding hydrogens is 186 g/mol. The van der Waals surface area contributed by atoms with Gasteiger partial charge in [-0.2, -0.15) is 0 Å². The lowest BCUT2D eigenvalue weighted by Crippen LogP contribution is -2.27. The largest absolute Gasteiger partial charge is 0.380 e. The Morgan fingerprint density at radius 1 is 1.27 bits per heavy atom. The molecule has 0 heterocycles. The van der Waals surface area contributed by atoms with E-state index >= 15 is 0 Å². The van der Waals surface area contributed by atoms with E-state index in [0.717, 1.165) is 37.5 Å². The fourth-order valence-electron chi connectivity index (χ4n) is 3.24. The van der Waals surface area contributed by atoms with Gasteiger partial charge in [0.05, 0.1) is 6.61 Å². The van der Waals surface area contributed by atoms with Gasteiger partial charge in [0, 0.05) is 19.2 Å². The maximum atomic E-state index is 5.76. The Kier molecular flexibility index (Phi) is 4.04. The number of hydrogen-bond donors (Lipinski definition) is 1. The van der Waals surface area contributed by atoms with Gasteiger partial charge < -0.3 is 10.1 Å². The molecule has 0 amide bonds. The van der Waals surface area contributed by atoms with Crippen molar-refractivity contribution < 1.29 is 4.74 Å². The van der Waals surface area contributed by atoms with Crippen molar-refractivity contribution in [2.45, 2.75) is 45.6 Å². The molecule has 2 fully saturated rings. The molecule has 0 spiro atoms. The Morgan fingerprint density at radius 2 is 2.13 bits per heavy atom. The standard InChI is InChI=1S/C13H25NO/c1-10(2)14-5-6-15-9-13-8-11-3-4-12(13)7-11/h10-14H,3-9H2,1-2H3. The van der Waals surface area contributed by atoms with Crippen LogP contribution in [0.15, 0.2) is 0 Å². The quantitative estimate of drug-likeness (QED) is 0.681. The van der Waals surface area contributed by atoms with Gasteiger partial charge in [0.2, 0.25) is 0 Å². The topological polar surface area (TPSA) is 21.3 Å². The summed E-state index contributed by atoms with van der Waals surface area (Å²) in [7, 11) is 0. The summed E-state index contributed by atoms with van der Waals surface area (Å²) < 4.78 is 5.76. The van der Waals surface area contributed by atoms with Gasteiger partial charge >= 0.3 is 0 Å². The van der Waals surface area contributed by atoms with Crippen molar-refractivity contribution in [1.82, 2.24) is 5.32 Å². The van der Waals surface area contributed by atoms with Gasteiger partial charge in [0.15, 0.2) is 0 Å². The Hall–Kier alpha value is -0.0800. The highest BCUT2D eigenvalue weighted by Gasteiger charge is 2.39. The highest BCUT2D eigenvalue weighted by molar-refractivity contribution is 4.89. The Labute approximate surface area is 93.8 Å². The summed E-state index contributed by atoms with van der Waals surface area (Å²) in [4.78, 5) is 0. The summed E-state index contributed by atoms with van der Waals surface area (Å²) in [6.45, 7) is 7.25. The predicted octanol–water partition coefficient (Wildman–Crippen LogP) is 2.44. The summed E-state index contributed by atoms with van der Waals surface area (Å²) in [5, 5.41) is 3.38. The molecular formula is C13H25NO. The second-order valence-corrected chi connectivity index (χ2v) is 5.62. The van der Waals surface area contributed by atoms with Crippen molar-refractivity contribution in [2.75, 3.05) is 19.8 Å². The van der Waals surface area contributed by atoms with Crippen molar-refractivity contribution in [1.29, 1.82) is 0 Å². The zero-order valence-corrected chi connectivity index (χ0v) is 10.2. The molecule has 0 aromatic heterocycles. The predicted molar refractivity (Wildman–Crippen MR) is 62.9 cm³/mol. The second kappa shape index (κ2) is 5.31. The van der Waals surface area contributed by atoms with Crippen molar-refractivity contribution in [2.24, 2.45) is 17.8 Å². The van der Waals surface area contributed by atoms with E-state index < -0.39 is 0 Å². The number of hydrogen-bond acceptors (Lipinski definition) is 2. The molecule has 1 N–H and O–H groups in total. The molecule has 15 heavy (non-hydrogen) atoms. The lowest BCUT2D eigenvalue weighted by molar-refractivity contribution is 0.0795. The molecule has 3 atom stereocenters. The van der Waals surface area contributed by atoms with Gasteiger partial charge in [-0.1, -0.05) is 20.3 Å². The molecule has 0 saturated heterocycles. The number of fused-ring (bicyclic) bond motifs is 2. The van der Waals surface area contributed by atoms with E-state index in [0.29, 0.717) is 6.04 Å². The zero-order valence-electron chi connectivity index (χ0n) is 10.2. The third-order valence-electron chi connectivity index (χ3n) is 4.02. The molecule has 0 aliphatic heterocycles. The molecule has 0 aromatic carbocycles. The van der Waals surface area contributed by atoms with E-state index in [4.69, 9.17) is 4.74 Å². The first kappa shape index (κ1) is 11.4. The molecule has 0 radical (unpaired) electrons. The number of nitrogens with one attached hydrogen (secondary N) is 1. The molecule has 2 bridgehead atoms. The van der Waals surface area contributed by atoms with Crippen LogP contribution in [0.1, 0.15) is 39.5 Å². The summed E-state index contributed by atoms with van der Waals surface area (Å²) in [5.74, 6) is 2.95. The van der Waals surface area contributed by atoms with E-state index in [2.05, 4.69) is 19.2 Å². The van der Waals surface area contributed by atoms with E-state index in [-0.39, 0.29) is 0 Å². The van der Waals surface area contributed by atoms with Crippen LogP contribution in [0.25, 0.3) is 0 Å². The maximum Gasteiger partial charge on any atom is 0.0591 e. The second-order valence-electron chi connectivity index (χ2n) is 5.62.